The van der Waals surface area contributed by atoms with Crippen LogP contribution in [-0.4, -0.2) is 31.5 Å². The van der Waals surface area contributed by atoms with E-state index in [4.69, 9.17) is 4.74 Å². The van der Waals surface area contributed by atoms with Crippen molar-refractivity contribution in [2.45, 2.75) is 6.18 Å². The molecule has 8 heteroatoms. The fourth-order valence-corrected chi connectivity index (χ4v) is 1.44. The van der Waals surface area contributed by atoms with Gasteiger partial charge in [-0.2, -0.15) is 13.2 Å². The zero-order chi connectivity index (χ0) is 14.5. The first-order valence-corrected chi connectivity index (χ1v) is 5.82. The quantitative estimate of drug-likeness (QED) is 0.837. The molecule has 0 aliphatic rings. The van der Waals surface area contributed by atoms with Gasteiger partial charge < -0.3 is 10.1 Å². The minimum absolute atomic E-state index is 0.215. The van der Waals surface area contributed by atoms with E-state index in [1.807, 2.05) is 0 Å². The second-order valence-electron chi connectivity index (χ2n) is 3.48. The highest BCUT2D eigenvalue weighted by Crippen LogP contribution is 2.21. The predicted molar refractivity (Wildman–Crippen MR) is 64.1 cm³/mol. The van der Waals surface area contributed by atoms with Crippen LogP contribution in [0.15, 0.2) is 22.7 Å². The molecule has 1 rings (SSSR count). The Morgan fingerprint density at radius 1 is 1.42 bits per heavy atom. The summed E-state index contributed by atoms with van der Waals surface area (Å²) < 4.78 is 41.0. The molecule has 1 aromatic carbocycles. The lowest BCUT2D eigenvalue weighted by molar-refractivity contribution is -0.139. The maximum Gasteiger partial charge on any atom is 0.405 e. The van der Waals surface area contributed by atoms with E-state index in [9.17, 15) is 22.8 Å². The van der Waals surface area contributed by atoms with Crippen molar-refractivity contribution in [3.05, 3.63) is 28.2 Å². The zero-order valence-corrected chi connectivity index (χ0v) is 11.0. The summed E-state index contributed by atoms with van der Waals surface area (Å²) >= 11 is 3.13. The van der Waals surface area contributed by atoms with Crippen LogP contribution in [0.1, 0.15) is 10.4 Å². The third-order valence-electron chi connectivity index (χ3n) is 1.95. The number of ether oxygens (including phenoxy) is 1. The van der Waals surface area contributed by atoms with Gasteiger partial charge in [-0.1, -0.05) is 15.9 Å². The van der Waals surface area contributed by atoms with Crippen molar-refractivity contribution in [1.29, 1.82) is 0 Å². The van der Waals surface area contributed by atoms with E-state index in [2.05, 4.69) is 15.9 Å². The van der Waals surface area contributed by atoms with Gasteiger partial charge in [-0.25, -0.2) is 0 Å². The third-order valence-corrected chi connectivity index (χ3v) is 2.67. The van der Waals surface area contributed by atoms with Crippen LogP contribution in [0.3, 0.4) is 0 Å². The van der Waals surface area contributed by atoms with Crippen LogP contribution in [0.2, 0.25) is 0 Å². The molecule has 0 fully saturated rings. The number of amides is 1. The van der Waals surface area contributed by atoms with Gasteiger partial charge in [0.25, 0.3) is 5.91 Å². The molecule has 0 aliphatic carbocycles. The van der Waals surface area contributed by atoms with Gasteiger partial charge >= 0.3 is 6.18 Å². The van der Waals surface area contributed by atoms with Crippen molar-refractivity contribution in [2.24, 2.45) is 0 Å². The van der Waals surface area contributed by atoms with Crippen LogP contribution in [0, 0.1) is 0 Å². The Balaban J connectivity index is 2.48. The topological polar surface area (TPSA) is 55.4 Å². The Labute approximate surface area is 115 Å². The van der Waals surface area contributed by atoms with Crippen molar-refractivity contribution in [1.82, 2.24) is 5.32 Å². The average molecular weight is 340 g/mol. The normalized spacial score (nSPS) is 10.9. The fraction of sp³-hybridized carbons (Fsp3) is 0.273. The second kappa shape index (κ2) is 6.55. The van der Waals surface area contributed by atoms with Gasteiger partial charge in [0.15, 0.2) is 12.9 Å². The van der Waals surface area contributed by atoms with Crippen molar-refractivity contribution < 1.29 is 27.5 Å². The number of hydrogen-bond acceptors (Lipinski definition) is 3. The van der Waals surface area contributed by atoms with Crippen LogP contribution < -0.4 is 10.1 Å². The third kappa shape index (κ3) is 5.73. The summed E-state index contributed by atoms with van der Waals surface area (Å²) in [6.07, 6.45) is -3.88. The minimum Gasteiger partial charge on any atom is -0.484 e. The number of carbonyl (C=O) groups is 2. The van der Waals surface area contributed by atoms with Gasteiger partial charge in [-0.05, 0) is 18.2 Å². The first-order chi connectivity index (χ1) is 8.81. The Hall–Kier alpha value is -1.57. The summed E-state index contributed by atoms with van der Waals surface area (Å²) in [5.41, 5.74) is 0.313. The summed E-state index contributed by atoms with van der Waals surface area (Å²) in [6.45, 7) is -1.97. The molecule has 0 bridgehead atoms. The van der Waals surface area contributed by atoms with Gasteiger partial charge in [-0.15, -0.1) is 0 Å². The molecule has 0 radical (unpaired) electrons. The second-order valence-corrected chi connectivity index (χ2v) is 4.34. The van der Waals surface area contributed by atoms with Crippen LogP contribution in [0.4, 0.5) is 13.2 Å². The van der Waals surface area contributed by atoms with Gasteiger partial charge in [0.1, 0.15) is 12.3 Å². The highest BCUT2D eigenvalue weighted by molar-refractivity contribution is 9.10. The molecule has 1 N–H and O–H groups in total. The lowest BCUT2D eigenvalue weighted by Crippen LogP contribution is -2.36. The van der Waals surface area contributed by atoms with Crippen LogP contribution in [0.25, 0.3) is 0 Å². The highest BCUT2D eigenvalue weighted by atomic mass is 79.9. The SMILES string of the molecule is O=Cc1cc(OCC(=O)NCC(F)(F)F)ccc1Br. The summed E-state index contributed by atoms with van der Waals surface area (Å²) in [5.74, 6) is -0.680. The molecular weight excluding hydrogens is 331 g/mol. The number of nitrogens with one attached hydrogen (secondary N) is 1. The molecule has 0 heterocycles. The molecule has 104 valence electrons. The molecule has 0 saturated carbocycles. The molecule has 0 saturated heterocycles. The summed E-state index contributed by atoms with van der Waals surface area (Å²) in [5, 5.41) is 1.67. The molecule has 4 nitrogen and oxygen atoms in total. The summed E-state index contributed by atoms with van der Waals surface area (Å²) in [7, 11) is 0. The van der Waals surface area contributed by atoms with Crippen LogP contribution in [0.5, 0.6) is 5.75 Å². The standard InChI is InChI=1S/C11H9BrF3NO3/c12-9-2-1-8(3-7(9)4-17)19-5-10(18)16-6-11(13,14)15/h1-4H,5-6H2,(H,16,18). The van der Waals surface area contributed by atoms with E-state index >= 15 is 0 Å². The monoisotopic (exact) mass is 339 g/mol. The number of aldehydes is 1. The minimum atomic E-state index is -4.46. The van der Waals surface area contributed by atoms with Gasteiger partial charge in [-0.3, -0.25) is 9.59 Å². The van der Waals surface area contributed by atoms with Crippen LogP contribution in [-0.2, 0) is 4.79 Å². The van der Waals surface area contributed by atoms with Gasteiger partial charge in [0, 0.05) is 10.0 Å². The van der Waals surface area contributed by atoms with E-state index < -0.39 is 25.2 Å². The lowest BCUT2D eigenvalue weighted by atomic mass is 10.2. The maximum absolute atomic E-state index is 11.8. The van der Waals surface area contributed by atoms with Gasteiger partial charge in [0.05, 0.1) is 0 Å². The summed E-state index contributed by atoms with van der Waals surface area (Å²) in [6, 6.07) is 4.38. The van der Waals surface area contributed by atoms with Crippen molar-refractivity contribution in [3.63, 3.8) is 0 Å². The van der Waals surface area contributed by atoms with Crippen molar-refractivity contribution >= 4 is 28.1 Å². The van der Waals surface area contributed by atoms with Crippen molar-refractivity contribution in [3.8, 4) is 5.75 Å². The lowest BCUT2D eigenvalue weighted by Gasteiger charge is -2.10. The fourth-order valence-electron chi connectivity index (χ4n) is 1.10. The molecule has 0 unspecified atom stereocenters. The Bertz CT molecular complexity index is 477. The number of hydrogen-bond donors (Lipinski definition) is 1. The number of benzene rings is 1. The predicted octanol–water partition coefficient (Wildman–Crippen LogP) is 2.32. The summed E-state index contributed by atoms with van der Waals surface area (Å²) in [4.78, 5) is 21.7. The molecule has 0 atom stereocenters. The highest BCUT2D eigenvalue weighted by Gasteiger charge is 2.27. The number of alkyl halides is 3. The van der Waals surface area contributed by atoms with Crippen LogP contribution >= 0.6 is 15.9 Å². The van der Waals surface area contributed by atoms with E-state index in [1.165, 1.54) is 18.2 Å². The zero-order valence-electron chi connectivity index (χ0n) is 9.46. The molecule has 19 heavy (non-hydrogen) atoms. The van der Waals surface area contributed by atoms with E-state index in [1.54, 1.807) is 5.32 Å². The molecule has 0 spiro atoms. The van der Waals surface area contributed by atoms with E-state index in [-0.39, 0.29) is 5.75 Å². The maximum atomic E-state index is 11.8. The first-order valence-electron chi connectivity index (χ1n) is 5.03. The van der Waals surface area contributed by atoms with E-state index in [0.29, 0.717) is 16.3 Å². The van der Waals surface area contributed by atoms with Gasteiger partial charge in [0.2, 0.25) is 0 Å². The molecular formula is C11H9BrF3NO3. The first kappa shape index (κ1) is 15.5. The Morgan fingerprint density at radius 3 is 2.68 bits per heavy atom. The molecule has 1 amide bonds. The molecule has 1 aromatic rings. The number of carbonyl (C=O) groups excluding carboxylic acids is 2. The Kier molecular flexibility index (Phi) is 5.34. The van der Waals surface area contributed by atoms with E-state index in [0.717, 1.165) is 0 Å². The Morgan fingerprint density at radius 2 is 2.11 bits per heavy atom. The number of halogens is 4. The largest absolute Gasteiger partial charge is 0.484 e. The molecule has 0 aliphatic heterocycles. The molecule has 0 aromatic heterocycles. The smallest absolute Gasteiger partial charge is 0.405 e. The number of rotatable bonds is 5. The average Bonchev–Trinajstić information content (AvgIpc) is 2.34. The van der Waals surface area contributed by atoms with Crippen molar-refractivity contribution in [2.75, 3.05) is 13.2 Å².